The molecular weight excluding hydrogens is 433 g/mol. The zero-order valence-electron chi connectivity index (χ0n) is 17.7. The van der Waals surface area contributed by atoms with Crippen LogP contribution >= 0.6 is 0 Å². The highest BCUT2D eigenvalue weighted by atomic mass is 19.4. The monoisotopic (exact) mass is 454 g/mol. The van der Waals surface area contributed by atoms with Crippen molar-refractivity contribution in [3.63, 3.8) is 0 Å². The smallest absolute Gasteiger partial charge is 0.416 e. The van der Waals surface area contributed by atoms with Crippen LogP contribution in [0.15, 0.2) is 59.7 Å². The Morgan fingerprint density at radius 2 is 1.97 bits per heavy atom. The highest BCUT2D eigenvalue weighted by Gasteiger charge is 2.32. The van der Waals surface area contributed by atoms with Gasteiger partial charge < -0.3 is 19.9 Å². The Morgan fingerprint density at radius 1 is 1.18 bits per heavy atom. The standard InChI is InChI=1S/C24H21F3N4O2/c1-2-12-31-21(30-20-22(31)28-15-29-23(20)32)17-8-10-19(11-9-17)33-13-4-6-16-5-3-7-18(14-16)24(25,26)27/h3,5,7-11,14-15,21,30H,2,12-13H2,1H3,(H,28,29,32). The van der Waals surface area contributed by atoms with Gasteiger partial charge in [-0.25, -0.2) is 4.98 Å². The molecule has 6 nitrogen and oxygen atoms in total. The lowest BCUT2D eigenvalue weighted by atomic mass is 10.1. The molecular formula is C24H21F3N4O2. The number of hydrogen-bond donors (Lipinski definition) is 2. The maximum absolute atomic E-state index is 12.8. The van der Waals surface area contributed by atoms with Gasteiger partial charge in [-0.15, -0.1) is 0 Å². The SMILES string of the molecule is CCCN1c2nc[nH]c(=O)c2NC1c1ccc(OCC#Cc2cccc(C(F)(F)F)c2)cc1. The van der Waals surface area contributed by atoms with Crippen molar-refractivity contribution in [2.75, 3.05) is 23.4 Å². The summed E-state index contributed by atoms with van der Waals surface area (Å²) in [6, 6.07) is 12.2. The number of alkyl halides is 3. The van der Waals surface area contributed by atoms with Crippen LogP contribution in [-0.4, -0.2) is 23.1 Å². The molecule has 170 valence electrons. The van der Waals surface area contributed by atoms with Crippen LogP contribution in [0.1, 0.15) is 36.2 Å². The van der Waals surface area contributed by atoms with E-state index < -0.39 is 11.7 Å². The Labute approximate surface area is 188 Å². The quantitative estimate of drug-likeness (QED) is 0.553. The van der Waals surface area contributed by atoms with Crippen molar-refractivity contribution < 1.29 is 17.9 Å². The van der Waals surface area contributed by atoms with Crippen LogP contribution in [-0.2, 0) is 6.18 Å². The summed E-state index contributed by atoms with van der Waals surface area (Å²) in [5.41, 5.74) is 0.699. The fourth-order valence-corrected chi connectivity index (χ4v) is 3.59. The van der Waals surface area contributed by atoms with Gasteiger partial charge in [0.1, 0.15) is 24.2 Å². The van der Waals surface area contributed by atoms with Crippen LogP contribution in [0, 0.1) is 11.8 Å². The van der Waals surface area contributed by atoms with Crippen LogP contribution in [0.25, 0.3) is 0 Å². The lowest BCUT2D eigenvalue weighted by Crippen LogP contribution is -2.29. The van der Waals surface area contributed by atoms with Crippen molar-refractivity contribution in [1.82, 2.24) is 9.97 Å². The van der Waals surface area contributed by atoms with Gasteiger partial charge in [0.2, 0.25) is 0 Å². The Balaban J connectivity index is 1.41. The van der Waals surface area contributed by atoms with Crippen molar-refractivity contribution in [1.29, 1.82) is 0 Å². The lowest BCUT2D eigenvalue weighted by molar-refractivity contribution is -0.137. The molecule has 0 saturated heterocycles. The van der Waals surface area contributed by atoms with E-state index in [0.717, 1.165) is 30.7 Å². The van der Waals surface area contributed by atoms with Gasteiger partial charge in [0, 0.05) is 12.1 Å². The number of rotatable bonds is 5. The molecule has 0 fully saturated rings. The number of anilines is 2. The van der Waals surface area contributed by atoms with E-state index in [1.54, 1.807) is 12.1 Å². The lowest BCUT2D eigenvalue weighted by Gasteiger charge is -2.26. The predicted molar refractivity (Wildman–Crippen MR) is 119 cm³/mol. The second-order valence-corrected chi connectivity index (χ2v) is 7.41. The van der Waals surface area contributed by atoms with Gasteiger partial charge in [0.25, 0.3) is 5.56 Å². The number of fused-ring (bicyclic) bond motifs is 1. The third kappa shape index (κ3) is 4.95. The highest BCUT2D eigenvalue weighted by Crippen LogP contribution is 2.37. The third-order valence-electron chi connectivity index (χ3n) is 5.09. The average Bonchev–Trinajstić information content (AvgIpc) is 3.17. The molecule has 33 heavy (non-hydrogen) atoms. The molecule has 4 rings (SSSR count). The maximum Gasteiger partial charge on any atom is 0.416 e. The summed E-state index contributed by atoms with van der Waals surface area (Å²) in [5.74, 6) is 6.62. The van der Waals surface area contributed by atoms with E-state index in [4.69, 9.17) is 4.74 Å². The third-order valence-corrected chi connectivity index (χ3v) is 5.09. The summed E-state index contributed by atoms with van der Waals surface area (Å²) < 4.78 is 44.0. The molecule has 1 atom stereocenters. The number of hydrogen-bond acceptors (Lipinski definition) is 5. The number of nitrogens with zero attached hydrogens (tertiary/aromatic N) is 2. The first-order valence-electron chi connectivity index (χ1n) is 10.4. The Bertz CT molecular complexity index is 1240. The minimum atomic E-state index is -4.40. The minimum absolute atomic E-state index is 0.0317. The molecule has 0 amide bonds. The number of H-pyrrole nitrogens is 1. The molecule has 3 aromatic rings. The fourth-order valence-electron chi connectivity index (χ4n) is 3.59. The number of benzene rings is 2. The molecule has 0 saturated carbocycles. The minimum Gasteiger partial charge on any atom is -0.481 e. The highest BCUT2D eigenvalue weighted by molar-refractivity contribution is 5.71. The van der Waals surface area contributed by atoms with E-state index >= 15 is 0 Å². The van der Waals surface area contributed by atoms with Crippen LogP contribution < -0.4 is 20.5 Å². The summed E-state index contributed by atoms with van der Waals surface area (Å²) in [6.07, 6.45) is -2.35. The molecule has 1 unspecified atom stereocenters. The normalized spacial score (nSPS) is 14.8. The van der Waals surface area contributed by atoms with E-state index in [0.29, 0.717) is 17.3 Å². The Kier molecular flexibility index (Phi) is 6.27. The van der Waals surface area contributed by atoms with Crippen molar-refractivity contribution in [3.05, 3.63) is 81.9 Å². The summed E-state index contributed by atoms with van der Waals surface area (Å²) >= 11 is 0. The van der Waals surface area contributed by atoms with Gasteiger partial charge >= 0.3 is 6.18 Å². The van der Waals surface area contributed by atoms with Gasteiger partial charge in [-0.3, -0.25) is 4.79 Å². The topological polar surface area (TPSA) is 70.2 Å². The molecule has 2 aromatic carbocycles. The molecule has 2 N–H and O–H groups in total. The largest absolute Gasteiger partial charge is 0.481 e. The van der Waals surface area contributed by atoms with E-state index in [-0.39, 0.29) is 23.9 Å². The fraction of sp³-hybridized carbons (Fsp3) is 0.250. The second kappa shape index (κ2) is 9.28. The van der Waals surface area contributed by atoms with Crippen LogP contribution in [0.3, 0.4) is 0 Å². The number of aromatic nitrogens is 2. The molecule has 1 aromatic heterocycles. The Hall–Kier alpha value is -3.93. The van der Waals surface area contributed by atoms with Crippen LogP contribution in [0.4, 0.5) is 24.7 Å². The first-order valence-corrected chi connectivity index (χ1v) is 10.4. The van der Waals surface area contributed by atoms with E-state index in [1.807, 2.05) is 17.0 Å². The first-order chi connectivity index (χ1) is 15.9. The number of aromatic amines is 1. The summed E-state index contributed by atoms with van der Waals surface area (Å²) in [4.78, 5) is 21.1. The van der Waals surface area contributed by atoms with Gasteiger partial charge in [-0.05, 0) is 42.3 Å². The Morgan fingerprint density at radius 3 is 2.70 bits per heavy atom. The van der Waals surface area contributed by atoms with E-state index in [2.05, 4.69) is 34.0 Å². The second-order valence-electron chi connectivity index (χ2n) is 7.41. The molecule has 2 heterocycles. The van der Waals surface area contributed by atoms with E-state index in [1.165, 1.54) is 18.5 Å². The van der Waals surface area contributed by atoms with Gasteiger partial charge in [-0.2, -0.15) is 13.2 Å². The zero-order valence-corrected chi connectivity index (χ0v) is 17.7. The molecule has 0 radical (unpaired) electrons. The van der Waals surface area contributed by atoms with Crippen LogP contribution in [0.2, 0.25) is 0 Å². The van der Waals surface area contributed by atoms with E-state index in [9.17, 15) is 18.0 Å². The van der Waals surface area contributed by atoms with Crippen LogP contribution in [0.5, 0.6) is 5.75 Å². The first kappa shape index (κ1) is 22.3. The zero-order chi connectivity index (χ0) is 23.4. The molecule has 0 spiro atoms. The summed E-state index contributed by atoms with van der Waals surface area (Å²) in [6.45, 7) is 2.81. The van der Waals surface area contributed by atoms with Gasteiger partial charge in [0.15, 0.2) is 5.82 Å². The maximum atomic E-state index is 12.8. The van der Waals surface area contributed by atoms with Gasteiger partial charge in [0.05, 0.1) is 11.9 Å². The summed E-state index contributed by atoms with van der Waals surface area (Å²) in [7, 11) is 0. The van der Waals surface area contributed by atoms with Crippen molar-refractivity contribution >= 4 is 11.5 Å². The molecule has 0 aliphatic carbocycles. The van der Waals surface area contributed by atoms with Crippen molar-refractivity contribution in [2.24, 2.45) is 0 Å². The molecule has 9 heteroatoms. The number of ether oxygens (including phenoxy) is 1. The number of nitrogens with one attached hydrogen (secondary N) is 2. The molecule has 0 bridgehead atoms. The number of halogens is 3. The molecule has 1 aliphatic heterocycles. The summed E-state index contributed by atoms with van der Waals surface area (Å²) in [5, 5.41) is 3.24. The molecule has 1 aliphatic rings. The van der Waals surface area contributed by atoms with Gasteiger partial charge in [-0.1, -0.05) is 37.0 Å². The van der Waals surface area contributed by atoms with Crippen molar-refractivity contribution in [2.45, 2.75) is 25.7 Å². The van der Waals surface area contributed by atoms with Crippen molar-refractivity contribution in [3.8, 4) is 17.6 Å². The average molecular weight is 454 g/mol. The predicted octanol–water partition coefficient (Wildman–Crippen LogP) is 4.56.